The molecule has 2 amide bonds. The molecule has 1 aromatic carbocycles. The minimum Gasteiger partial charge on any atom is -0.366 e. The smallest absolute Gasteiger partial charge is 0.280 e. The van der Waals surface area contributed by atoms with E-state index in [1.54, 1.807) is 11.4 Å². The van der Waals surface area contributed by atoms with E-state index in [0.29, 0.717) is 15.6 Å². The van der Waals surface area contributed by atoms with E-state index in [1.165, 1.54) is 11.3 Å². The zero-order valence-electron chi connectivity index (χ0n) is 12.0. The molecule has 0 radical (unpaired) electrons. The lowest BCUT2D eigenvalue weighted by molar-refractivity contribution is -0.682. The summed E-state index contributed by atoms with van der Waals surface area (Å²) in [4.78, 5) is 23.2. The third-order valence-electron chi connectivity index (χ3n) is 3.24. The number of carbonyl (C=O) groups is 2. The van der Waals surface area contributed by atoms with Gasteiger partial charge in [-0.25, -0.2) is 0 Å². The van der Waals surface area contributed by atoms with Gasteiger partial charge in [-0.2, -0.15) is 0 Å². The molecule has 1 aromatic heterocycles. The summed E-state index contributed by atoms with van der Waals surface area (Å²) in [7, 11) is 0. The van der Waals surface area contributed by atoms with Crippen LogP contribution in [0.5, 0.6) is 0 Å². The fourth-order valence-electron chi connectivity index (χ4n) is 1.96. The lowest BCUT2D eigenvalue weighted by Crippen LogP contribution is -2.86. The van der Waals surface area contributed by atoms with Crippen molar-refractivity contribution in [2.24, 2.45) is 5.73 Å². The van der Waals surface area contributed by atoms with Crippen LogP contribution in [-0.2, 0) is 4.79 Å². The fraction of sp³-hybridized carbons (Fsp3) is 0.200. The van der Waals surface area contributed by atoms with Crippen molar-refractivity contribution in [2.75, 3.05) is 11.9 Å². The summed E-state index contributed by atoms with van der Waals surface area (Å²) in [5, 5.41) is 7.52. The highest BCUT2D eigenvalue weighted by Crippen LogP contribution is 2.22. The van der Waals surface area contributed by atoms with E-state index in [1.807, 2.05) is 36.5 Å². The lowest BCUT2D eigenvalue weighted by atomic mass is 10.1. The highest BCUT2D eigenvalue weighted by atomic mass is 35.5. The van der Waals surface area contributed by atoms with Gasteiger partial charge in [0.15, 0.2) is 6.54 Å². The van der Waals surface area contributed by atoms with E-state index < -0.39 is 5.91 Å². The van der Waals surface area contributed by atoms with Crippen LogP contribution >= 0.6 is 22.9 Å². The molecule has 0 bridgehead atoms. The number of benzene rings is 1. The van der Waals surface area contributed by atoms with E-state index in [4.69, 9.17) is 17.3 Å². The topological polar surface area (TPSA) is 88.8 Å². The van der Waals surface area contributed by atoms with E-state index in [0.717, 1.165) is 5.56 Å². The van der Waals surface area contributed by atoms with Crippen molar-refractivity contribution in [2.45, 2.75) is 13.0 Å². The van der Waals surface area contributed by atoms with E-state index in [2.05, 4.69) is 5.32 Å². The molecule has 0 spiro atoms. The van der Waals surface area contributed by atoms with Crippen molar-refractivity contribution < 1.29 is 14.9 Å². The Hall–Kier alpha value is -1.89. The summed E-state index contributed by atoms with van der Waals surface area (Å²) in [5.41, 5.74) is 6.67. The Morgan fingerprint density at radius 1 is 1.32 bits per heavy atom. The number of nitrogens with one attached hydrogen (secondary N) is 1. The second-order valence-electron chi connectivity index (χ2n) is 4.86. The summed E-state index contributed by atoms with van der Waals surface area (Å²) in [6, 6.07) is 9.25. The van der Waals surface area contributed by atoms with Crippen LogP contribution in [0.2, 0.25) is 5.02 Å². The molecule has 2 rings (SSSR count). The van der Waals surface area contributed by atoms with Crippen molar-refractivity contribution in [3.8, 4) is 0 Å². The number of nitrogens with two attached hydrogens (primary N) is 2. The summed E-state index contributed by atoms with van der Waals surface area (Å²) >= 11 is 7.13. The Labute approximate surface area is 137 Å². The molecule has 0 aliphatic rings. The first-order valence-electron chi connectivity index (χ1n) is 6.73. The van der Waals surface area contributed by atoms with Crippen LogP contribution in [0.3, 0.4) is 0 Å². The Bertz CT molecular complexity index is 670. The number of amides is 2. The van der Waals surface area contributed by atoms with Crippen molar-refractivity contribution in [3.63, 3.8) is 0 Å². The number of carbonyl (C=O) groups excluding carboxylic acids is 2. The van der Waals surface area contributed by atoms with Crippen LogP contribution in [0.1, 0.15) is 28.9 Å². The van der Waals surface area contributed by atoms with E-state index in [9.17, 15) is 9.59 Å². The number of primary amides is 1. The average Bonchev–Trinajstić information content (AvgIpc) is 2.94. The summed E-state index contributed by atoms with van der Waals surface area (Å²) in [6.45, 7) is 2.26. The van der Waals surface area contributed by atoms with Gasteiger partial charge < -0.3 is 16.4 Å². The average molecular weight is 339 g/mol. The van der Waals surface area contributed by atoms with Gasteiger partial charge in [-0.05, 0) is 30.5 Å². The maximum Gasteiger partial charge on any atom is 0.280 e. The molecule has 5 nitrogen and oxygen atoms in total. The Morgan fingerprint density at radius 2 is 2.00 bits per heavy atom. The first-order valence-corrected chi connectivity index (χ1v) is 7.99. The van der Waals surface area contributed by atoms with Crippen molar-refractivity contribution in [1.82, 2.24) is 0 Å². The number of hydrogen-bond acceptors (Lipinski definition) is 3. The molecule has 116 valence electrons. The molecule has 0 saturated carbocycles. The molecule has 5 N–H and O–H groups in total. The number of quaternary nitrogens is 1. The molecule has 22 heavy (non-hydrogen) atoms. The molecule has 0 aliphatic carbocycles. The molecule has 2 aromatic rings. The van der Waals surface area contributed by atoms with Gasteiger partial charge in [0.1, 0.15) is 11.0 Å². The van der Waals surface area contributed by atoms with Gasteiger partial charge in [-0.3, -0.25) is 9.59 Å². The van der Waals surface area contributed by atoms with E-state index in [-0.39, 0.29) is 18.5 Å². The Morgan fingerprint density at radius 3 is 2.64 bits per heavy atom. The maximum atomic E-state index is 12.0. The first-order chi connectivity index (χ1) is 10.5. The van der Waals surface area contributed by atoms with Crippen LogP contribution in [0, 0.1) is 0 Å². The van der Waals surface area contributed by atoms with Gasteiger partial charge in [0.25, 0.3) is 11.8 Å². The molecule has 1 heterocycles. The van der Waals surface area contributed by atoms with Gasteiger partial charge in [0, 0.05) is 10.6 Å². The zero-order valence-corrected chi connectivity index (χ0v) is 13.6. The quantitative estimate of drug-likeness (QED) is 0.749. The third-order valence-corrected chi connectivity index (χ3v) is 4.32. The number of anilines is 1. The van der Waals surface area contributed by atoms with Crippen molar-refractivity contribution in [3.05, 3.63) is 51.9 Å². The van der Waals surface area contributed by atoms with Crippen LogP contribution in [0.4, 0.5) is 5.00 Å². The normalized spacial score (nSPS) is 11.9. The number of halogens is 1. The van der Waals surface area contributed by atoms with Crippen molar-refractivity contribution >= 4 is 39.8 Å². The van der Waals surface area contributed by atoms with Gasteiger partial charge in [0.2, 0.25) is 0 Å². The van der Waals surface area contributed by atoms with Crippen LogP contribution < -0.4 is 16.4 Å². The second kappa shape index (κ2) is 7.40. The molecule has 0 unspecified atom stereocenters. The highest BCUT2D eigenvalue weighted by Gasteiger charge is 2.15. The van der Waals surface area contributed by atoms with E-state index >= 15 is 0 Å². The molecule has 0 fully saturated rings. The molecule has 1 atom stereocenters. The van der Waals surface area contributed by atoms with Crippen LogP contribution in [0.25, 0.3) is 0 Å². The van der Waals surface area contributed by atoms with Crippen LogP contribution in [-0.4, -0.2) is 18.4 Å². The molecular weight excluding hydrogens is 322 g/mol. The molecular formula is C15H17ClN3O2S+. The van der Waals surface area contributed by atoms with Crippen molar-refractivity contribution in [1.29, 1.82) is 0 Å². The zero-order chi connectivity index (χ0) is 16.1. The third kappa shape index (κ3) is 4.30. The maximum absolute atomic E-state index is 12.0. The summed E-state index contributed by atoms with van der Waals surface area (Å²) in [5.74, 6) is -0.721. The fourth-order valence-corrected chi connectivity index (χ4v) is 2.90. The SMILES string of the molecule is C[C@@H]([NH2+]CC(=O)Nc1sccc1C(N)=O)c1ccc(Cl)cc1. The predicted octanol–water partition coefficient (Wildman–Crippen LogP) is 1.76. The summed E-state index contributed by atoms with van der Waals surface area (Å²) < 4.78 is 0. The number of rotatable bonds is 6. The molecule has 0 saturated heterocycles. The second-order valence-corrected chi connectivity index (χ2v) is 6.21. The highest BCUT2D eigenvalue weighted by molar-refractivity contribution is 7.14. The molecule has 7 heteroatoms. The Kier molecular flexibility index (Phi) is 5.54. The molecule has 0 aliphatic heterocycles. The lowest BCUT2D eigenvalue weighted by Gasteiger charge is -2.11. The minimum absolute atomic E-state index is 0.127. The largest absolute Gasteiger partial charge is 0.366 e. The number of thiophene rings is 1. The predicted molar refractivity (Wildman–Crippen MR) is 88.1 cm³/mol. The monoisotopic (exact) mass is 338 g/mol. The standard InChI is InChI=1S/C15H16ClN3O2S/c1-9(10-2-4-11(16)5-3-10)18-8-13(20)19-15-12(14(17)21)6-7-22-15/h2-7,9,18H,8H2,1H3,(H2,17,21)(H,19,20)/p+1/t9-/m1/s1. The first kappa shape index (κ1) is 16.5. The van der Waals surface area contributed by atoms with Crippen LogP contribution in [0.15, 0.2) is 35.7 Å². The number of hydrogen-bond donors (Lipinski definition) is 3. The summed E-state index contributed by atoms with van der Waals surface area (Å²) in [6.07, 6.45) is 0. The van der Waals surface area contributed by atoms with Gasteiger partial charge in [-0.15, -0.1) is 11.3 Å². The minimum atomic E-state index is -0.546. The van der Waals surface area contributed by atoms with Gasteiger partial charge >= 0.3 is 0 Å². The Balaban J connectivity index is 1.88. The van der Waals surface area contributed by atoms with Gasteiger partial charge in [-0.1, -0.05) is 23.7 Å². The van der Waals surface area contributed by atoms with Gasteiger partial charge in [0.05, 0.1) is 5.56 Å².